The summed E-state index contributed by atoms with van der Waals surface area (Å²) < 4.78 is 0. The molecule has 7 heteroatoms. The van der Waals surface area contributed by atoms with Crippen LogP contribution in [0.2, 0.25) is 0 Å². The minimum Gasteiger partial charge on any atom is -0.396 e. The van der Waals surface area contributed by atoms with Crippen molar-refractivity contribution in [2.24, 2.45) is 5.92 Å². The van der Waals surface area contributed by atoms with Gasteiger partial charge in [0.2, 0.25) is 5.13 Å². The molecule has 0 fully saturated rings. The monoisotopic (exact) mass is 316 g/mol. The van der Waals surface area contributed by atoms with Gasteiger partial charge in [-0.15, -0.1) is 10.2 Å². The zero-order chi connectivity index (χ0) is 15.4. The molecule has 0 radical (unpaired) electrons. The van der Waals surface area contributed by atoms with Crippen LogP contribution in [0, 0.1) is 5.92 Å². The Balaban J connectivity index is 1.56. The summed E-state index contributed by atoms with van der Waals surface area (Å²) in [6.45, 7) is 0.104. The van der Waals surface area contributed by atoms with Gasteiger partial charge in [0.25, 0.3) is 0 Å². The van der Waals surface area contributed by atoms with Crippen LogP contribution in [-0.2, 0) is 0 Å². The summed E-state index contributed by atoms with van der Waals surface area (Å²) in [5, 5.41) is 23.9. The molecule has 0 bridgehead atoms. The Kier molecular flexibility index (Phi) is 4.45. The van der Waals surface area contributed by atoms with Crippen molar-refractivity contribution >= 4 is 22.5 Å². The summed E-state index contributed by atoms with van der Waals surface area (Å²) >= 11 is 1.33. The highest BCUT2D eigenvalue weighted by Gasteiger charge is 2.20. The highest BCUT2D eigenvalue weighted by atomic mass is 32.1. The number of carbonyl (C=O) groups is 1. The number of urea groups is 1. The lowest BCUT2D eigenvalue weighted by molar-refractivity contribution is 0.238. The van der Waals surface area contributed by atoms with Gasteiger partial charge >= 0.3 is 6.03 Å². The molecule has 0 aliphatic heterocycles. The highest BCUT2D eigenvalue weighted by Crippen LogP contribution is 2.26. The smallest absolute Gasteiger partial charge is 0.321 e. The molecule has 3 N–H and O–H groups in total. The summed E-state index contributed by atoms with van der Waals surface area (Å²) in [7, 11) is 0. The third-order valence-electron chi connectivity index (χ3n) is 3.39. The molecule has 1 aliphatic carbocycles. The number of carbonyl (C=O) groups excluding carboxylic acids is 1. The molecule has 2 aromatic rings. The zero-order valence-corrected chi connectivity index (χ0v) is 12.6. The molecule has 0 saturated heterocycles. The molecule has 6 nitrogen and oxygen atoms in total. The first-order valence-corrected chi connectivity index (χ1v) is 7.82. The molecule has 1 aromatic carbocycles. The van der Waals surface area contributed by atoms with Crippen molar-refractivity contribution < 1.29 is 9.90 Å². The molecule has 1 heterocycles. The number of anilines is 1. The Morgan fingerprint density at radius 1 is 1.27 bits per heavy atom. The minimum absolute atomic E-state index is 0.0568. The normalized spacial score (nSPS) is 20.0. The van der Waals surface area contributed by atoms with E-state index >= 15 is 0 Å². The molecule has 2 amide bonds. The van der Waals surface area contributed by atoms with Crippen molar-refractivity contribution in [2.75, 3.05) is 11.9 Å². The quantitative estimate of drug-likeness (QED) is 0.755. The van der Waals surface area contributed by atoms with E-state index in [9.17, 15) is 4.79 Å². The Morgan fingerprint density at radius 3 is 2.82 bits per heavy atom. The van der Waals surface area contributed by atoms with E-state index in [1.54, 1.807) is 0 Å². The third kappa shape index (κ3) is 3.49. The van der Waals surface area contributed by atoms with Gasteiger partial charge in [-0.3, -0.25) is 5.32 Å². The lowest BCUT2D eigenvalue weighted by Crippen LogP contribution is -2.36. The minimum atomic E-state index is -0.316. The fourth-order valence-corrected chi connectivity index (χ4v) is 3.03. The first-order valence-electron chi connectivity index (χ1n) is 7.00. The van der Waals surface area contributed by atoms with Crippen LogP contribution in [-0.4, -0.2) is 34.0 Å². The standard InChI is InChI=1S/C15H16N4O2S/c20-9-10-6-7-12(8-10)16-14(21)17-15-19-18-13(22-15)11-4-2-1-3-5-11/h1-7,10,12,20H,8-9H2,(H2,16,17,19,21)/t10-,12+/m0/s1. The molecular weight excluding hydrogens is 300 g/mol. The molecule has 1 aromatic heterocycles. The average Bonchev–Trinajstić information content (AvgIpc) is 3.17. The second-order valence-electron chi connectivity index (χ2n) is 5.05. The van der Waals surface area contributed by atoms with Crippen LogP contribution in [0.5, 0.6) is 0 Å². The van der Waals surface area contributed by atoms with Crippen molar-refractivity contribution in [1.82, 2.24) is 15.5 Å². The molecule has 0 unspecified atom stereocenters. The Hall–Kier alpha value is -2.25. The van der Waals surface area contributed by atoms with E-state index in [2.05, 4.69) is 20.8 Å². The summed E-state index contributed by atoms with van der Waals surface area (Å²) in [4.78, 5) is 11.9. The van der Waals surface area contributed by atoms with Crippen LogP contribution in [0.3, 0.4) is 0 Å². The second kappa shape index (κ2) is 6.67. The van der Waals surface area contributed by atoms with Crippen LogP contribution in [0.1, 0.15) is 6.42 Å². The van der Waals surface area contributed by atoms with Gasteiger partial charge in [0.05, 0.1) is 0 Å². The largest absolute Gasteiger partial charge is 0.396 e. The summed E-state index contributed by atoms with van der Waals surface area (Å²) in [6.07, 6.45) is 4.54. The molecule has 114 valence electrons. The predicted molar refractivity (Wildman–Crippen MR) is 85.6 cm³/mol. The molecule has 0 spiro atoms. The maximum atomic E-state index is 11.9. The summed E-state index contributed by atoms with van der Waals surface area (Å²) in [6, 6.07) is 9.32. The van der Waals surface area contributed by atoms with Gasteiger partial charge in [-0.1, -0.05) is 53.8 Å². The molecule has 1 aliphatic rings. The maximum Gasteiger partial charge on any atom is 0.321 e. The van der Waals surface area contributed by atoms with Crippen LogP contribution in [0.4, 0.5) is 9.93 Å². The van der Waals surface area contributed by atoms with Crippen molar-refractivity contribution in [3.8, 4) is 10.6 Å². The Bertz CT molecular complexity index is 671. The van der Waals surface area contributed by atoms with Crippen LogP contribution in [0.15, 0.2) is 42.5 Å². The number of hydrogen-bond acceptors (Lipinski definition) is 5. The first kappa shape index (κ1) is 14.7. The van der Waals surface area contributed by atoms with E-state index < -0.39 is 0 Å². The molecule has 22 heavy (non-hydrogen) atoms. The maximum absolute atomic E-state index is 11.9. The Morgan fingerprint density at radius 2 is 2.09 bits per heavy atom. The van der Waals surface area contributed by atoms with Gasteiger partial charge in [0, 0.05) is 24.1 Å². The van der Waals surface area contributed by atoms with Gasteiger partial charge in [0.1, 0.15) is 5.01 Å². The van der Waals surface area contributed by atoms with Crippen LogP contribution in [0.25, 0.3) is 10.6 Å². The van der Waals surface area contributed by atoms with Gasteiger partial charge in [-0.05, 0) is 6.42 Å². The van der Waals surface area contributed by atoms with E-state index in [0.717, 1.165) is 17.0 Å². The lowest BCUT2D eigenvalue weighted by Gasteiger charge is -2.12. The first-order chi connectivity index (χ1) is 10.7. The number of nitrogens with one attached hydrogen (secondary N) is 2. The van der Waals surface area contributed by atoms with Crippen molar-refractivity contribution in [3.63, 3.8) is 0 Å². The average molecular weight is 316 g/mol. The van der Waals surface area contributed by atoms with Crippen LogP contribution >= 0.6 is 11.3 Å². The fourth-order valence-electron chi connectivity index (χ4n) is 2.29. The van der Waals surface area contributed by atoms with Gasteiger partial charge in [-0.2, -0.15) is 0 Å². The molecule has 3 rings (SSSR count). The fraction of sp³-hybridized carbons (Fsp3) is 0.267. The number of aromatic nitrogens is 2. The third-order valence-corrected chi connectivity index (χ3v) is 4.28. The topological polar surface area (TPSA) is 87.1 Å². The van der Waals surface area contributed by atoms with E-state index in [4.69, 9.17) is 5.11 Å². The van der Waals surface area contributed by atoms with Crippen molar-refractivity contribution in [3.05, 3.63) is 42.5 Å². The van der Waals surface area contributed by atoms with E-state index in [0.29, 0.717) is 5.13 Å². The van der Waals surface area contributed by atoms with E-state index in [-0.39, 0.29) is 24.6 Å². The molecular formula is C15H16N4O2S. The van der Waals surface area contributed by atoms with Crippen LogP contribution < -0.4 is 10.6 Å². The SMILES string of the molecule is O=C(Nc1nnc(-c2ccccc2)s1)N[C@@H]1C=C[C@H](CO)C1. The van der Waals surface area contributed by atoms with Gasteiger partial charge in [-0.25, -0.2) is 4.79 Å². The summed E-state index contributed by atoms with van der Waals surface area (Å²) in [5.41, 5.74) is 0.970. The number of aliphatic hydroxyl groups is 1. The van der Waals surface area contributed by atoms with E-state index in [1.807, 2.05) is 42.5 Å². The number of nitrogens with zero attached hydrogens (tertiary/aromatic N) is 2. The van der Waals surface area contributed by atoms with Gasteiger partial charge < -0.3 is 10.4 Å². The zero-order valence-electron chi connectivity index (χ0n) is 11.8. The predicted octanol–water partition coefficient (Wildman–Crippen LogP) is 2.26. The number of hydrogen-bond donors (Lipinski definition) is 3. The van der Waals surface area contributed by atoms with E-state index in [1.165, 1.54) is 11.3 Å². The second-order valence-corrected chi connectivity index (χ2v) is 6.02. The number of benzene rings is 1. The molecule has 2 atom stereocenters. The molecule has 0 saturated carbocycles. The van der Waals surface area contributed by atoms with Gasteiger partial charge in [0.15, 0.2) is 0 Å². The Labute approximate surface area is 131 Å². The van der Waals surface area contributed by atoms with Crippen molar-refractivity contribution in [1.29, 1.82) is 0 Å². The highest BCUT2D eigenvalue weighted by molar-refractivity contribution is 7.18. The number of rotatable bonds is 4. The number of aliphatic hydroxyl groups excluding tert-OH is 1. The summed E-state index contributed by atoms with van der Waals surface area (Å²) in [5.74, 6) is 0.122. The number of amides is 2. The lowest BCUT2D eigenvalue weighted by atomic mass is 10.1. The van der Waals surface area contributed by atoms with Crippen molar-refractivity contribution in [2.45, 2.75) is 12.5 Å².